The molecule has 1 N–H and O–H groups in total. The van der Waals surface area contributed by atoms with E-state index >= 15 is 0 Å². The average Bonchev–Trinajstić information content (AvgIpc) is 3.26. The van der Waals surface area contributed by atoms with Gasteiger partial charge in [0.15, 0.2) is 0 Å². The lowest BCUT2D eigenvalue weighted by molar-refractivity contribution is -0.131. The summed E-state index contributed by atoms with van der Waals surface area (Å²) in [6.07, 6.45) is 4.74. The molecule has 2 aromatic rings. The van der Waals surface area contributed by atoms with Crippen LogP contribution in [0.3, 0.4) is 0 Å². The first-order valence-corrected chi connectivity index (χ1v) is 9.20. The van der Waals surface area contributed by atoms with Crippen LogP contribution in [0.4, 0.5) is 0 Å². The lowest BCUT2D eigenvalue weighted by Crippen LogP contribution is -2.41. The monoisotopic (exact) mass is 352 g/mol. The van der Waals surface area contributed by atoms with Gasteiger partial charge in [0.25, 0.3) is 0 Å². The summed E-state index contributed by atoms with van der Waals surface area (Å²) in [6, 6.07) is 14.1. The van der Waals surface area contributed by atoms with Gasteiger partial charge in [-0.05, 0) is 30.0 Å². The summed E-state index contributed by atoms with van der Waals surface area (Å²) in [5, 5.41) is 10.6. The molecule has 1 aromatic carbocycles. The van der Waals surface area contributed by atoms with Crippen LogP contribution in [0.15, 0.2) is 54.9 Å². The van der Waals surface area contributed by atoms with Gasteiger partial charge in [0.2, 0.25) is 5.91 Å². The van der Waals surface area contributed by atoms with Crippen molar-refractivity contribution in [1.29, 1.82) is 0 Å². The van der Waals surface area contributed by atoms with E-state index in [2.05, 4.69) is 17.1 Å². The topological polar surface area (TPSA) is 62.7 Å². The van der Waals surface area contributed by atoms with E-state index in [4.69, 9.17) is 4.74 Å². The smallest absolute Gasteiger partial charge is 0.223 e. The molecule has 0 aliphatic carbocycles. The van der Waals surface area contributed by atoms with E-state index in [9.17, 15) is 9.90 Å². The van der Waals surface area contributed by atoms with E-state index in [-0.39, 0.29) is 11.8 Å². The number of hydrogen-bond acceptors (Lipinski definition) is 4. The predicted octanol–water partition coefficient (Wildman–Crippen LogP) is 2.16. The minimum Gasteiger partial charge on any atom is -0.388 e. The molecule has 0 saturated carbocycles. The Hall–Kier alpha value is -2.24. The molecule has 4 rings (SSSR count). The van der Waals surface area contributed by atoms with Crippen LogP contribution in [-0.2, 0) is 16.0 Å². The van der Waals surface area contributed by atoms with Crippen molar-refractivity contribution in [2.24, 2.45) is 0 Å². The van der Waals surface area contributed by atoms with E-state index in [1.807, 2.05) is 30.3 Å². The first-order chi connectivity index (χ1) is 12.7. The zero-order valence-electron chi connectivity index (χ0n) is 14.8. The number of carbonyl (C=O) groups is 1. The molecule has 2 saturated heterocycles. The normalized spacial score (nSPS) is 28.0. The Bertz CT molecular complexity index is 752. The Labute approximate surface area is 153 Å². The van der Waals surface area contributed by atoms with Crippen LogP contribution >= 0.6 is 0 Å². The van der Waals surface area contributed by atoms with E-state index in [0.717, 1.165) is 12.0 Å². The highest BCUT2D eigenvalue weighted by molar-refractivity contribution is 5.77. The molecule has 5 heteroatoms. The van der Waals surface area contributed by atoms with Gasteiger partial charge in [0, 0.05) is 31.3 Å². The second-order valence-corrected chi connectivity index (χ2v) is 7.34. The van der Waals surface area contributed by atoms with Gasteiger partial charge in [0.1, 0.15) is 11.7 Å². The number of ether oxygens (including phenoxy) is 1. The fourth-order valence-corrected chi connectivity index (χ4v) is 4.10. The number of amides is 1. The van der Waals surface area contributed by atoms with Crippen molar-refractivity contribution in [3.05, 3.63) is 66.0 Å². The fourth-order valence-electron chi connectivity index (χ4n) is 4.10. The minimum atomic E-state index is -0.626. The lowest BCUT2D eigenvalue weighted by Gasteiger charge is -2.26. The molecule has 2 aliphatic heterocycles. The number of β-amino-alcohol motifs (C(OH)–C–C–N with tert-alkyl or cyclic N) is 1. The molecular weight excluding hydrogens is 328 g/mol. The van der Waals surface area contributed by atoms with Gasteiger partial charge in [-0.1, -0.05) is 36.4 Å². The molecule has 26 heavy (non-hydrogen) atoms. The molecule has 1 aromatic heterocycles. The molecule has 1 amide bonds. The van der Waals surface area contributed by atoms with Crippen LogP contribution in [0.1, 0.15) is 29.9 Å². The molecule has 0 unspecified atom stereocenters. The molecule has 2 fully saturated rings. The Balaban J connectivity index is 1.37. The summed E-state index contributed by atoms with van der Waals surface area (Å²) >= 11 is 0. The van der Waals surface area contributed by atoms with Crippen molar-refractivity contribution >= 4 is 5.91 Å². The third-order valence-electron chi connectivity index (χ3n) is 5.60. The molecule has 0 radical (unpaired) electrons. The number of rotatable bonds is 4. The number of aliphatic hydroxyl groups excluding tert-OH is 1. The number of nitrogens with zero attached hydrogens (tertiary/aromatic N) is 2. The van der Waals surface area contributed by atoms with Gasteiger partial charge in [-0.2, -0.15) is 0 Å². The van der Waals surface area contributed by atoms with Crippen LogP contribution in [0.5, 0.6) is 0 Å². The minimum absolute atomic E-state index is 0.0662. The Morgan fingerprint density at radius 1 is 1.27 bits per heavy atom. The van der Waals surface area contributed by atoms with Gasteiger partial charge >= 0.3 is 0 Å². The van der Waals surface area contributed by atoms with Crippen molar-refractivity contribution in [2.75, 3.05) is 19.7 Å². The molecule has 5 nitrogen and oxygen atoms in total. The van der Waals surface area contributed by atoms with E-state index in [1.165, 1.54) is 5.56 Å². The summed E-state index contributed by atoms with van der Waals surface area (Å²) in [4.78, 5) is 18.4. The van der Waals surface area contributed by atoms with Crippen molar-refractivity contribution in [1.82, 2.24) is 9.88 Å². The third kappa shape index (κ3) is 3.37. The highest BCUT2D eigenvalue weighted by Crippen LogP contribution is 2.42. The Kier molecular flexibility index (Phi) is 4.74. The highest BCUT2D eigenvalue weighted by Gasteiger charge is 2.53. The maximum Gasteiger partial charge on any atom is 0.223 e. The zero-order valence-corrected chi connectivity index (χ0v) is 14.8. The molecule has 0 bridgehead atoms. The van der Waals surface area contributed by atoms with E-state index in [1.54, 1.807) is 17.3 Å². The zero-order chi connectivity index (χ0) is 18.0. The summed E-state index contributed by atoms with van der Waals surface area (Å²) in [7, 11) is 0. The maximum atomic E-state index is 12.6. The van der Waals surface area contributed by atoms with Gasteiger partial charge in [-0.15, -0.1) is 0 Å². The first kappa shape index (κ1) is 17.2. The number of pyridine rings is 1. The number of hydrogen-bond donors (Lipinski definition) is 1. The van der Waals surface area contributed by atoms with Crippen LogP contribution in [0, 0.1) is 0 Å². The first-order valence-electron chi connectivity index (χ1n) is 9.20. The lowest BCUT2D eigenvalue weighted by atomic mass is 9.87. The number of benzene rings is 1. The van der Waals surface area contributed by atoms with Crippen LogP contribution in [-0.4, -0.2) is 52.3 Å². The number of carbonyl (C=O) groups excluding carboxylic acids is 1. The fraction of sp³-hybridized carbons (Fsp3) is 0.429. The Morgan fingerprint density at radius 2 is 2.12 bits per heavy atom. The number of likely N-dealkylation sites (tertiary alicyclic amines) is 1. The van der Waals surface area contributed by atoms with Gasteiger partial charge in [0.05, 0.1) is 13.2 Å². The van der Waals surface area contributed by atoms with E-state index < -0.39 is 11.7 Å². The highest BCUT2D eigenvalue weighted by atomic mass is 16.5. The molecule has 1 spiro atoms. The van der Waals surface area contributed by atoms with Crippen molar-refractivity contribution in [3.8, 4) is 0 Å². The summed E-state index contributed by atoms with van der Waals surface area (Å²) in [6.45, 7) is 1.43. The van der Waals surface area contributed by atoms with Crippen molar-refractivity contribution < 1.29 is 14.6 Å². The molecular formula is C21H24N2O3. The molecule has 3 atom stereocenters. The van der Waals surface area contributed by atoms with Gasteiger partial charge < -0.3 is 14.7 Å². The quantitative estimate of drug-likeness (QED) is 0.916. The predicted molar refractivity (Wildman–Crippen MR) is 97.6 cm³/mol. The maximum absolute atomic E-state index is 12.6. The van der Waals surface area contributed by atoms with Crippen LogP contribution < -0.4 is 0 Å². The van der Waals surface area contributed by atoms with Crippen molar-refractivity contribution in [3.63, 3.8) is 0 Å². The summed E-state index contributed by atoms with van der Waals surface area (Å²) in [5.41, 5.74) is 1.67. The van der Waals surface area contributed by atoms with Crippen LogP contribution in [0.2, 0.25) is 0 Å². The molecule has 3 heterocycles. The van der Waals surface area contributed by atoms with E-state index in [0.29, 0.717) is 32.5 Å². The number of aryl methyl sites for hydroxylation is 1. The number of aromatic nitrogens is 1. The summed E-state index contributed by atoms with van der Waals surface area (Å²) < 4.78 is 6.07. The SMILES string of the molecule is O=C(CCc1cccnc1)N1C[C@@H](O)[C@@]2(C[C@H](c3ccccc3)CO2)C1. The van der Waals surface area contributed by atoms with Gasteiger partial charge in [-0.3, -0.25) is 9.78 Å². The second kappa shape index (κ2) is 7.17. The van der Waals surface area contributed by atoms with Crippen LogP contribution in [0.25, 0.3) is 0 Å². The largest absolute Gasteiger partial charge is 0.388 e. The summed E-state index contributed by atoms with van der Waals surface area (Å²) in [5.74, 6) is 0.341. The molecule has 136 valence electrons. The third-order valence-corrected chi connectivity index (χ3v) is 5.60. The Morgan fingerprint density at radius 3 is 2.88 bits per heavy atom. The van der Waals surface area contributed by atoms with Crippen molar-refractivity contribution in [2.45, 2.75) is 36.9 Å². The average molecular weight is 352 g/mol. The second-order valence-electron chi connectivity index (χ2n) is 7.34. The standard InChI is InChI=1S/C21H24N2O3/c24-19-13-23(20(25)9-8-16-5-4-10-22-12-16)15-21(19)11-18(14-26-21)17-6-2-1-3-7-17/h1-7,10,12,18-19,24H,8-9,11,13-15H2/t18-,19+,21+/m0/s1. The number of aliphatic hydroxyl groups is 1. The molecule has 2 aliphatic rings. The van der Waals surface area contributed by atoms with Gasteiger partial charge in [-0.25, -0.2) is 0 Å².